The predicted molar refractivity (Wildman–Crippen MR) is 45.0 cm³/mol. The zero-order valence-electron chi connectivity index (χ0n) is 7.58. The van der Waals surface area contributed by atoms with Crippen molar-refractivity contribution in [3.05, 3.63) is 48.2 Å². The molecule has 0 N–H and O–H groups in total. The van der Waals surface area contributed by atoms with Crippen molar-refractivity contribution in [2.24, 2.45) is 0 Å². The fourth-order valence-electron chi connectivity index (χ4n) is 0.727. The van der Waals surface area contributed by atoms with E-state index >= 15 is 0 Å². The topological polar surface area (TPSA) is 9.23 Å². The Labute approximate surface area is 85.6 Å². The quantitative estimate of drug-likeness (QED) is 0.320. The van der Waals surface area contributed by atoms with Crippen LogP contribution in [0.5, 0.6) is 0 Å². The molecule has 1 rings (SSSR count). The molecule has 0 saturated heterocycles. The van der Waals surface area contributed by atoms with E-state index in [0.29, 0.717) is 6.61 Å². The third-order valence-electron chi connectivity index (χ3n) is 1.25. The summed E-state index contributed by atoms with van der Waals surface area (Å²) in [7, 11) is 0. The maximum Gasteiger partial charge on any atom is 1.00 e. The summed E-state index contributed by atoms with van der Waals surface area (Å²) < 4.78 is 5.00. The molecule has 2 heteroatoms. The molecule has 0 aliphatic heterocycles. The number of rotatable bonds is 3. The third kappa shape index (κ3) is 4.28. The van der Waals surface area contributed by atoms with E-state index in [4.69, 9.17) is 4.74 Å². The maximum atomic E-state index is 5.00. The maximum absolute atomic E-state index is 5.00. The smallest absolute Gasteiger partial charge is 0.515 e. The molecule has 0 saturated carbocycles. The molecule has 0 aromatic heterocycles. The zero-order chi connectivity index (χ0) is 7.94. The SMILES string of the molecule is CCOC=[C-]c1ccccc1.[Li+]. The van der Waals surface area contributed by atoms with Crippen molar-refractivity contribution in [2.75, 3.05) is 6.61 Å². The van der Waals surface area contributed by atoms with E-state index in [1.54, 1.807) is 6.26 Å². The van der Waals surface area contributed by atoms with Gasteiger partial charge >= 0.3 is 18.9 Å². The van der Waals surface area contributed by atoms with Crippen LogP contribution in [0.2, 0.25) is 0 Å². The molecule has 0 radical (unpaired) electrons. The van der Waals surface area contributed by atoms with E-state index in [-0.39, 0.29) is 18.9 Å². The van der Waals surface area contributed by atoms with E-state index in [1.807, 2.05) is 37.3 Å². The van der Waals surface area contributed by atoms with Gasteiger partial charge in [0.1, 0.15) is 0 Å². The molecule has 0 atom stereocenters. The first-order valence-electron chi connectivity index (χ1n) is 3.68. The number of hydrogen-bond donors (Lipinski definition) is 0. The molecule has 1 nitrogen and oxygen atoms in total. The molecule has 12 heavy (non-hydrogen) atoms. The van der Waals surface area contributed by atoms with Crippen molar-refractivity contribution in [3.8, 4) is 0 Å². The minimum absolute atomic E-state index is 0. The minimum Gasteiger partial charge on any atom is -0.515 e. The molecule has 58 valence electrons. The summed E-state index contributed by atoms with van der Waals surface area (Å²) >= 11 is 0. The predicted octanol–water partition coefficient (Wildman–Crippen LogP) is -0.608. The van der Waals surface area contributed by atoms with E-state index in [2.05, 4.69) is 6.08 Å². The van der Waals surface area contributed by atoms with Gasteiger partial charge in [-0.15, -0.1) is 18.2 Å². The van der Waals surface area contributed by atoms with Crippen LogP contribution in [0.25, 0.3) is 0 Å². The van der Waals surface area contributed by atoms with Crippen molar-refractivity contribution in [1.82, 2.24) is 0 Å². The molecule has 0 bridgehead atoms. The van der Waals surface area contributed by atoms with Crippen molar-refractivity contribution >= 4 is 0 Å². The molecular formula is C10H11LiO. The van der Waals surface area contributed by atoms with Crippen LogP contribution in [0, 0.1) is 6.08 Å². The van der Waals surface area contributed by atoms with Gasteiger partial charge in [-0.05, 0) is 6.92 Å². The number of hydrogen-bond acceptors (Lipinski definition) is 1. The Kier molecular flexibility index (Phi) is 6.65. The first kappa shape index (κ1) is 11.4. The monoisotopic (exact) mass is 154 g/mol. The first-order chi connectivity index (χ1) is 5.43. The summed E-state index contributed by atoms with van der Waals surface area (Å²) in [6, 6.07) is 9.89. The van der Waals surface area contributed by atoms with Crippen LogP contribution in [0.15, 0.2) is 36.6 Å². The van der Waals surface area contributed by atoms with Gasteiger partial charge < -0.3 is 4.74 Å². The second kappa shape index (κ2) is 7.03. The number of ether oxygens (including phenoxy) is 1. The molecule has 0 unspecified atom stereocenters. The van der Waals surface area contributed by atoms with Crippen molar-refractivity contribution in [1.29, 1.82) is 0 Å². The molecule has 0 aliphatic carbocycles. The Bertz CT molecular complexity index is 219. The van der Waals surface area contributed by atoms with Gasteiger partial charge in [0, 0.05) is 6.26 Å². The normalized spacial score (nSPS) is 9.42. The molecule has 0 amide bonds. The van der Waals surface area contributed by atoms with Crippen LogP contribution in [0.1, 0.15) is 12.5 Å². The van der Waals surface area contributed by atoms with Crippen LogP contribution in [0.4, 0.5) is 0 Å². The van der Waals surface area contributed by atoms with Gasteiger partial charge in [0.2, 0.25) is 0 Å². The second-order valence-corrected chi connectivity index (χ2v) is 2.08. The molecule has 0 aliphatic rings. The fourth-order valence-corrected chi connectivity index (χ4v) is 0.727. The number of benzene rings is 1. The zero-order valence-corrected chi connectivity index (χ0v) is 7.58. The van der Waals surface area contributed by atoms with E-state index in [0.717, 1.165) is 5.56 Å². The summed E-state index contributed by atoms with van der Waals surface area (Å²) in [4.78, 5) is 0. The second-order valence-electron chi connectivity index (χ2n) is 2.08. The van der Waals surface area contributed by atoms with Crippen molar-refractivity contribution < 1.29 is 23.6 Å². The summed E-state index contributed by atoms with van der Waals surface area (Å²) in [6.07, 6.45) is 4.59. The van der Waals surface area contributed by atoms with Crippen molar-refractivity contribution in [2.45, 2.75) is 6.92 Å². The van der Waals surface area contributed by atoms with Crippen LogP contribution in [-0.2, 0) is 4.74 Å². The minimum atomic E-state index is 0. The summed E-state index contributed by atoms with van der Waals surface area (Å²) in [5.74, 6) is 0. The van der Waals surface area contributed by atoms with Gasteiger partial charge in [-0.2, -0.15) is 17.7 Å². The summed E-state index contributed by atoms with van der Waals surface area (Å²) in [5, 5.41) is 0. The molecular weight excluding hydrogens is 143 g/mol. The Hall–Kier alpha value is -0.643. The van der Waals surface area contributed by atoms with Crippen LogP contribution >= 0.6 is 0 Å². The van der Waals surface area contributed by atoms with Gasteiger partial charge in [0.15, 0.2) is 0 Å². The van der Waals surface area contributed by atoms with E-state index in [9.17, 15) is 0 Å². The summed E-state index contributed by atoms with van der Waals surface area (Å²) in [6.45, 7) is 2.64. The van der Waals surface area contributed by atoms with Crippen molar-refractivity contribution in [3.63, 3.8) is 0 Å². The Balaban J connectivity index is 0.00000121. The van der Waals surface area contributed by atoms with Crippen LogP contribution < -0.4 is 18.9 Å². The largest absolute Gasteiger partial charge is 1.00 e. The van der Waals surface area contributed by atoms with Crippen LogP contribution in [0.3, 0.4) is 0 Å². The Morgan fingerprint density at radius 2 is 2.00 bits per heavy atom. The van der Waals surface area contributed by atoms with E-state index < -0.39 is 0 Å². The van der Waals surface area contributed by atoms with Gasteiger partial charge in [-0.3, -0.25) is 0 Å². The third-order valence-corrected chi connectivity index (χ3v) is 1.25. The average Bonchev–Trinajstić information content (AvgIpc) is 2.07. The summed E-state index contributed by atoms with van der Waals surface area (Å²) in [5.41, 5.74) is 1.04. The van der Waals surface area contributed by atoms with Gasteiger partial charge in [0.25, 0.3) is 0 Å². The van der Waals surface area contributed by atoms with Gasteiger partial charge in [-0.25, -0.2) is 0 Å². The van der Waals surface area contributed by atoms with Gasteiger partial charge in [-0.1, -0.05) is 6.07 Å². The average molecular weight is 154 g/mol. The molecule has 0 fully saturated rings. The molecule has 1 aromatic carbocycles. The Morgan fingerprint density at radius 1 is 1.33 bits per heavy atom. The van der Waals surface area contributed by atoms with Gasteiger partial charge in [0.05, 0.1) is 6.61 Å². The standard InChI is InChI=1S/C10H11O.Li/c1-2-11-9-8-10-6-4-3-5-7-10;/h3-7,9H,2H2,1H3;/q-1;+1. The molecule has 0 spiro atoms. The van der Waals surface area contributed by atoms with Crippen LogP contribution in [-0.4, -0.2) is 6.61 Å². The first-order valence-corrected chi connectivity index (χ1v) is 3.68. The Morgan fingerprint density at radius 3 is 2.58 bits per heavy atom. The molecule has 0 heterocycles. The van der Waals surface area contributed by atoms with E-state index in [1.165, 1.54) is 0 Å². The molecule has 1 aromatic rings. The fraction of sp³-hybridized carbons (Fsp3) is 0.200.